The van der Waals surface area contributed by atoms with E-state index in [9.17, 15) is 14.0 Å². The Hall–Kier alpha value is -3.42. The summed E-state index contributed by atoms with van der Waals surface area (Å²) in [4.78, 5) is 29.2. The van der Waals surface area contributed by atoms with E-state index >= 15 is 0 Å². The number of nitrogens with one attached hydrogen (secondary N) is 1. The van der Waals surface area contributed by atoms with Crippen LogP contribution >= 0.6 is 11.8 Å². The van der Waals surface area contributed by atoms with E-state index in [1.165, 1.54) is 23.9 Å². The Morgan fingerprint density at radius 3 is 2.60 bits per heavy atom. The van der Waals surface area contributed by atoms with Crippen molar-refractivity contribution in [1.29, 1.82) is 0 Å². The largest absolute Gasteiger partial charge is 0.376 e. The van der Waals surface area contributed by atoms with Crippen LogP contribution in [0.4, 0.5) is 10.1 Å². The number of amides is 2. The highest BCUT2D eigenvalue weighted by molar-refractivity contribution is 8.04. The molecule has 0 spiro atoms. The summed E-state index contributed by atoms with van der Waals surface area (Å²) in [5, 5.41) is 2.92. The van der Waals surface area contributed by atoms with Crippen molar-refractivity contribution in [3.05, 3.63) is 100 Å². The standard InChI is InChI=1S/C28H25FN2O3S/c29-22-13-9-20(10-14-22)18-31-24-5-1-2-6-25(24)35-26(28(31)33)16-19-7-11-21(12-8-19)27(32)30-17-23-4-3-15-34-23/h1-2,5-14,16,23H,3-4,15,17-18H2,(H,30,32)/b26-16-/t23-/m0/s1. The fourth-order valence-corrected chi connectivity index (χ4v) is 5.25. The van der Waals surface area contributed by atoms with E-state index in [0.717, 1.165) is 41.2 Å². The SMILES string of the molecule is O=C(NC[C@@H]1CCCO1)c1ccc(/C=C2\Sc3ccccc3N(Cc3ccc(F)cc3)C2=O)cc1. The number of para-hydroxylation sites is 1. The van der Waals surface area contributed by atoms with Crippen LogP contribution in [0.2, 0.25) is 0 Å². The van der Waals surface area contributed by atoms with E-state index in [4.69, 9.17) is 4.74 Å². The fourth-order valence-electron chi connectivity index (χ4n) is 4.19. The van der Waals surface area contributed by atoms with Gasteiger partial charge in [-0.05, 0) is 66.4 Å². The summed E-state index contributed by atoms with van der Waals surface area (Å²) in [6.45, 7) is 1.61. The van der Waals surface area contributed by atoms with Crippen LogP contribution in [0.25, 0.3) is 6.08 Å². The number of carbonyl (C=O) groups excluding carboxylic acids is 2. The molecule has 1 N–H and O–H groups in total. The van der Waals surface area contributed by atoms with E-state index < -0.39 is 0 Å². The molecule has 1 saturated heterocycles. The quantitative estimate of drug-likeness (QED) is 0.471. The van der Waals surface area contributed by atoms with Crippen LogP contribution in [-0.4, -0.2) is 31.1 Å². The molecule has 2 aliphatic heterocycles. The molecule has 0 unspecified atom stereocenters. The Labute approximate surface area is 208 Å². The van der Waals surface area contributed by atoms with Crippen molar-refractivity contribution >= 4 is 35.3 Å². The zero-order valence-corrected chi connectivity index (χ0v) is 19.9. The predicted octanol–water partition coefficient (Wildman–Crippen LogP) is 5.41. The lowest BCUT2D eigenvalue weighted by molar-refractivity contribution is -0.114. The van der Waals surface area contributed by atoms with Gasteiger partial charge in [-0.1, -0.05) is 48.2 Å². The Bertz CT molecular complexity index is 1250. The van der Waals surface area contributed by atoms with Crippen LogP contribution in [0.1, 0.15) is 34.3 Å². The number of thioether (sulfide) groups is 1. The zero-order valence-electron chi connectivity index (χ0n) is 19.1. The van der Waals surface area contributed by atoms with Crippen molar-refractivity contribution in [3.8, 4) is 0 Å². The van der Waals surface area contributed by atoms with Crippen LogP contribution in [0.3, 0.4) is 0 Å². The number of hydrogen-bond acceptors (Lipinski definition) is 4. The maximum absolute atomic E-state index is 13.4. The summed E-state index contributed by atoms with van der Waals surface area (Å²) in [7, 11) is 0. The minimum absolute atomic E-state index is 0.0954. The first-order chi connectivity index (χ1) is 17.1. The van der Waals surface area contributed by atoms with Crippen molar-refractivity contribution in [1.82, 2.24) is 5.32 Å². The van der Waals surface area contributed by atoms with Crippen molar-refractivity contribution in [2.24, 2.45) is 0 Å². The number of ether oxygens (including phenoxy) is 1. The van der Waals surface area contributed by atoms with Gasteiger partial charge in [0, 0.05) is 23.6 Å². The summed E-state index contributed by atoms with van der Waals surface area (Å²) in [6, 6.07) is 21.2. The Balaban J connectivity index is 1.33. The first-order valence-electron chi connectivity index (χ1n) is 11.6. The van der Waals surface area contributed by atoms with Gasteiger partial charge in [0.05, 0.1) is 23.2 Å². The normalized spacial score (nSPS) is 18.5. The molecule has 0 aliphatic carbocycles. The molecule has 35 heavy (non-hydrogen) atoms. The van der Waals surface area contributed by atoms with Gasteiger partial charge in [0.25, 0.3) is 11.8 Å². The Kier molecular flexibility index (Phi) is 6.97. The molecule has 3 aromatic carbocycles. The van der Waals surface area contributed by atoms with E-state index in [0.29, 0.717) is 23.6 Å². The molecule has 0 aromatic heterocycles. The monoisotopic (exact) mass is 488 g/mol. The highest BCUT2D eigenvalue weighted by Crippen LogP contribution is 2.42. The smallest absolute Gasteiger partial charge is 0.265 e. The van der Waals surface area contributed by atoms with Gasteiger partial charge < -0.3 is 15.0 Å². The van der Waals surface area contributed by atoms with Gasteiger partial charge >= 0.3 is 0 Å². The second-order valence-electron chi connectivity index (χ2n) is 8.56. The first kappa shape index (κ1) is 23.3. The first-order valence-corrected chi connectivity index (χ1v) is 12.4. The third-order valence-electron chi connectivity index (χ3n) is 6.07. The summed E-state index contributed by atoms with van der Waals surface area (Å²) < 4.78 is 18.9. The van der Waals surface area contributed by atoms with Crippen molar-refractivity contribution in [3.63, 3.8) is 0 Å². The van der Waals surface area contributed by atoms with Crippen molar-refractivity contribution in [2.45, 2.75) is 30.4 Å². The molecule has 5 rings (SSSR count). The number of carbonyl (C=O) groups is 2. The van der Waals surface area contributed by atoms with Crippen LogP contribution in [0.5, 0.6) is 0 Å². The summed E-state index contributed by atoms with van der Waals surface area (Å²) >= 11 is 1.43. The zero-order chi connectivity index (χ0) is 24.2. The van der Waals surface area contributed by atoms with Crippen LogP contribution in [0.15, 0.2) is 82.6 Å². The molecule has 1 atom stereocenters. The number of rotatable bonds is 6. The summed E-state index contributed by atoms with van der Waals surface area (Å²) in [6.07, 6.45) is 3.94. The lowest BCUT2D eigenvalue weighted by Gasteiger charge is -2.30. The topological polar surface area (TPSA) is 58.6 Å². The Morgan fingerprint density at radius 1 is 1.09 bits per heavy atom. The van der Waals surface area contributed by atoms with Crippen molar-refractivity contribution in [2.75, 3.05) is 18.1 Å². The maximum atomic E-state index is 13.4. The average Bonchev–Trinajstić information content (AvgIpc) is 3.40. The molecule has 0 radical (unpaired) electrons. The van der Waals surface area contributed by atoms with Crippen LogP contribution in [0, 0.1) is 5.82 Å². The van der Waals surface area contributed by atoms with E-state index in [1.807, 2.05) is 42.5 Å². The Morgan fingerprint density at radius 2 is 1.86 bits per heavy atom. The third kappa shape index (κ3) is 5.47. The predicted molar refractivity (Wildman–Crippen MR) is 136 cm³/mol. The van der Waals surface area contributed by atoms with E-state index in [1.54, 1.807) is 29.2 Å². The number of benzene rings is 3. The van der Waals surface area contributed by atoms with Crippen molar-refractivity contribution < 1.29 is 18.7 Å². The molecule has 178 valence electrons. The number of nitrogens with zero attached hydrogens (tertiary/aromatic N) is 1. The molecular weight excluding hydrogens is 463 g/mol. The fraction of sp³-hybridized carbons (Fsp3) is 0.214. The maximum Gasteiger partial charge on any atom is 0.265 e. The van der Waals surface area contributed by atoms with Gasteiger partial charge in [-0.3, -0.25) is 9.59 Å². The number of hydrogen-bond donors (Lipinski definition) is 1. The average molecular weight is 489 g/mol. The number of fused-ring (bicyclic) bond motifs is 1. The van der Waals surface area contributed by atoms with E-state index in [2.05, 4.69) is 5.32 Å². The lowest BCUT2D eigenvalue weighted by Crippen LogP contribution is -2.33. The number of halogens is 1. The van der Waals surface area contributed by atoms with Gasteiger partial charge in [-0.15, -0.1) is 0 Å². The van der Waals surface area contributed by atoms with Crippen LogP contribution < -0.4 is 10.2 Å². The molecule has 0 saturated carbocycles. The number of anilines is 1. The minimum Gasteiger partial charge on any atom is -0.376 e. The molecule has 3 aromatic rings. The molecule has 2 heterocycles. The van der Waals surface area contributed by atoms with Gasteiger partial charge in [-0.25, -0.2) is 4.39 Å². The van der Waals surface area contributed by atoms with Gasteiger partial charge in [0.15, 0.2) is 0 Å². The molecule has 7 heteroatoms. The molecule has 2 aliphatic rings. The van der Waals surface area contributed by atoms with E-state index in [-0.39, 0.29) is 23.7 Å². The second kappa shape index (κ2) is 10.5. The molecule has 0 bridgehead atoms. The highest BCUT2D eigenvalue weighted by Gasteiger charge is 2.29. The van der Waals surface area contributed by atoms with Gasteiger partial charge in [-0.2, -0.15) is 0 Å². The molecule has 5 nitrogen and oxygen atoms in total. The minimum atomic E-state index is -0.306. The molecule has 1 fully saturated rings. The third-order valence-corrected chi connectivity index (χ3v) is 7.15. The second-order valence-corrected chi connectivity index (χ2v) is 9.65. The molecule has 2 amide bonds. The van der Waals surface area contributed by atoms with Gasteiger partial charge in [0.1, 0.15) is 5.82 Å². The lowest BCUT2D eigenvalue weighted by atomic mass is 10.1. The molecular formula is C28H25FN2O3S. The highest BCUT2D eigenvalue weighted by atomic mass is 32.2. The van der Waals surface area contributed by atoms with Crippen LogP contribution in [-0.2, 0) is 16.1 Å². The van der Waals surface area contributed by atoms with Gasteiger partial charge in [0.2, 0.25) is 0 Å². The summed E-state index contributed by atoms with van der Waals surface area (Å²) in [5.41, 5.74) is 3.08. The summed E-state index contributed by atoms with van der Waals surface area (Å²) in [5.74, 6) is -0.558.